The monoisotopic (exact) mass is 225 g/mol. The molecule has 0 spiro atoms. The van der Waals surface area contributed by atoms with Gasteiger partial charge >= 0.3 is 0 Å². The number of aromatic hydroxyl groups is 1. The van der Waals surface area contributed by atoms with Crippen molar-refractivity contribution < 1.29 is 5.11 Å². The summed E-state index contributed by atoms with van der Waals surface area (Å²) in [6.07, 6.45) is 1.71. The number of para-hydroxylation sites is 1. The van der Waals surface area contributed by atoms with Crippen molar-refractivity contribution in [1.29, 1.82) is 0 Å². The van der Waals surface area contributed by atoms with E-state index in [2.05, 4.69) is 30.1 Å². The van der Waals surface area contributed by atoms with Gasteiger partial charge in [0.25, 0.3) is 0 Å². The van der Waals surface area contributed by atoms with Crippen molar-refractivity contribution in [3.05, 3.63) is 65.2 Å². The molecule has 2 aromatic carbocycles. The van der Waals surface area contributed by atoms with Crippen LogP contribution in [-0.4, -0.2) is 11.3 Å². The minimum Gasteiger partial charge on any atom is -0.507 e. The smallest absolute Gasteiger partial charge is 0.124 e. The van der Waals surface area contributed by atoms with Crippen LogP contribution in [0.3, 0.4) is 0 Å². The molecule has 0 aliphatic carbocycles. The van der Waals surface area contributed by atoms with Crippen molar-refractivity contribution in [2.75, 3.05) is 0 Å². The second-order valence-corrected chi connectivity index (χ2v) is 4.02. The van der Waals surface area contributed by atoms with Crippen LogP contribution in [-0.2, 0) is 6.54 Å². The molecule has 2 aromatic rings. The van der Waals surface area contributed by atoms with E-state index in [9.17, 15) is 5.11 Å². The SMILES string of the molecule is Cc1cccc(CN=Cc2ccccc2O)c1. The van der Waals surface area contributed by atoms with Gasteiger partial charge in [0.2, 0.25) is 0 Å². The highest BCUT2D eigenvalue weighted by Crippen LogP contribution is 2.13. The van der Waals surface area contributed by atoms with Gasteiger partial charge in [-0.05, 0) is 24.6 Å². The van der Waals surface area contributed by atoms with Crippen LogP contribution < -0.4 is 0 Å². The fraction of sp³-hybridized carbons (Fsp3) is 0.133. The second kappa shape index (κ2) is 5.30. The Morgan fingerprint density at radius 1 is 1.12 bits per heavy atom. The van der Waals surface area contributed by atoms with Crippen molar-refractivity contribution >= 4 is 6.21 Å². The minimum absolute atomic E-state index is 0.264. The number of nitrogens with zero attached hydrogens (tertiary/aromatic N) is 1. The molecule has 0 aliphatic heterocycles. The third kappa shape index (κ3) is 3.18. The lowest BCUT2D eigenvalue weighted by Gasteiger charge is -1.99. The Balaban J connectivity index is 2.06. The summed E-state index contributed by atoms with van der Waals surface area (Å²) < 4.78 is 0. The molecule has 0 atom stereocenters. The Kier molecular flexibility index (Phi) is 3.55. The van der Waals surface area contributed by atoms with E-state index in [0.29, 0.717) is 6.54 Å². The van der Waals surface area contributed by atoms with Crippen molar-refractivity contribution in [1.82, 2.24) is 0 Å². The summed E-state index contributed by atoms with van der Waals surface area (Å²) in [5, 5.41) is 9.56. The van der Waals surface area contributed by atoms with Crippen molar-refractivity contribution in [3.63, 3.8) is 0 Å². The summed E-state index contributed by atoms with van der Waals surface area (Å²) in [7, 11) is 0. The van der Waals surface area contributed by atoms with E-state index in [-0.39, 0.29) is 5.75 Å². The largest absolute Gasteiger partial charge is 0.507 e. The summed E-state index contributed by atoms with van der Waals surface area (Å²) in [4.78, 5) is 4.33. The molecule has 0 unspecified atom stereocenters. The van der Waals surface area contributed by atoms with Crippen LogP contribution in [0.1, 0.15) is 16.7 Å². The third-order valence-electron chi connectivity index (χ3n) is 2.52. The van der Waals surface area contributed by atoms with Crippen LogP contribution in [0.4, 0.5) is 0 Å². The molecule has 2 heteroatoms. The minimum atomic E-state index is 0.264. The molecule has 0 radical (unpaired) electrons. The molecule has 0 saturated carbocycles. The normalized spacial score (nSPS) is 10.9. The Labute approximate surface area is 101 Å². The lowest BCUT2D eigenvalue weighted by atomic mass is 10.1. The number of hydrogen-bond acceptors (Lipinski definition) is 2. The maximum atomic E-state index is 9.56. The highest BCUT2D eigenvalue weighted by atomic mass is 16.3. The Morgan fingerprint density at radius 2 is 1.94 bits per heavy atom. The number of aryl methyl sites for hydroxylation is 1. The molecule has 2 nitrogen and oxygen atoms in total. The molecular formula is C15H15NO. The summed E-state index contributed by atoms with van der Waals surface area (Å²) in [6, 6.07) is 15.4. The van der Waals surface area contributed by atoms with E-state index in [1.54, 1.807) is 18.3 Å². The Bertz CT molecular complexity index is 532. The van der Waals surface area contributed by atoms with Crippen LogP contribution in [0.25, 0.3) is 0 Å². The first-order valence-electron chi connectivity index (χ1n) is 5.59. The molecule has 1 N–H and O–H groups in total. The van der Waals surface area contributed by atoms with Gasteiger partial charge in [-0.3, -0.25) is 4.99 Å². The molecule has 0 bridgehead atoms. The lowest BCUT2D eigenvalue weighted by molar-refractivity contribution is 0.474. The Morgan fingerprint density at radius 3 is 2.71 bits per heavy atom. The zero-order valence-corrected chi connectivity index (χ0v) is 9.80. The number of phenolic OH excluding ortho intramolecular Hbond substituents is 1. The standard InChI is InChI=1S/C15H15NO/c1-12-5-4-6-13(9-12)10-16-11-14-7-2-3-8-15(14)17/h2-9,11,17H,10H2,1H3. The van der Waals surface area contributed by atoms with Crippen molar-refractivity contribution in [2.24, 2.45) is 4.99 Å². The van der Waals surface area contributed by atoms with E-state index >= 15 is 0 Å². The first-order valence-corrected chi connectivity index (χ1v) is 5.59. The first-order chi connectivity index (χ1) is 8.25. The summed E-state index contributed by atoms with van der Waals surface area (Å²) in [5.74, 6) is 0.264. The predicted molar refractivity (Wildman–Crippen MR) is 70.6 cm³/mol. The molecule has 0 fully saturated rings. The maximum Gasteiger partial charge on any atom is 0.124 e. The number of phenols is 1. The molecule has 0 aliphatic rings. The van der Waals surface area contributed by atoms with Crippen molar-refractivity contribution in [3.8, 4) is 5.75 Å². The highest BCUT2D eigenvalue weighted by Gasteiger charge is 1.95. The fourth-order valence-corrected chi connectivity index (χ4v) is 1.66. The molecule has 0 amide bonds. The average molecular weight is 225 g/mol. The van der Waals surface area contributed by atoms with Gasteiger partial charge < -0.3 is 5.11 Å². The molecule has 0 saturated heterocycles. The number of rotatable bonds is 3. The fourth-order valence-electron chi connectivity index (χ4n) is 1.66. The van der Waals surface area contributed by atoms with E-state index < -0.39 is 0 Å². The molecule has 17 heavy (non-hydrogen) atoms. The van der Waals surface area contributed by atoms with Crippen LogP contribution in [0.15, 0.2) is 53.5 Å². The zero-order chi connectivity index (χ0) is 12.1. The second-order valence-electron chi connectivity index (χ2n) is 4.02. The van der Waals surface area contributed by atoms with Gasteiger partial charge in [0.05, 0.1) is 6.54 Å². The number of aliphatic imine (C=N–C) groups is 1. The third-order valence-corrected chi connectivity index (χ3v) is 2.52. The van der Waals surface area contributed by atoms with Crippen LogP contribution in [0, 0.1) is 6.92 Å². The van der Waals surface area contributed by atoms with E-state index in [0.717, 1.165) is 5.56 Å². The van der Waals surface area contributed by atoms with E-state index in [1.165, 1.54) is 11.1 Å². The van der Waals surface area contributed by atoms with Crippen LogP contribution >= 0.6 is 0 Å². The predicted octanol–water partition coefficient (Wildman–Crippen LogP) is 3.32. The number of benzene rings is 2. The van der Waals surface area contributed by atoms with Gasteiger partial charge in [-0.2, -0.15) is 0 Å². The molecule has 86 valence electrons. The van der Waals surface area contributed by atoms with Gasteiger partial charge in [0.1, 0.15) is 5.75 Å². The summed E-state index contributed by atoms with van der Waals surface area (Å²) in [6.45, 7) is 2.70. The van der Waals surface area contributed by atoms with Gasteiger partial charge in [-0.1, -0.05) is 42.0 Å². The molecule has 2 rings (SSSR count). The quantitative estimate of drug-likeness (QED) is 0.798. The van der Waals surface area contributed by atoms with Crippen LogP contribution in [0.2, 0.25) is 0 Å². The highest BCUT2D eigenvalue weighted by molar-refractivity contribution is 5.83. The van der Waals surface area contributed by atoms with Crippen LogP contribution in [0.5, 0.6) is 5.75 Å². The molecular weight excluding hydrogens is 210 g/mol. The zero-order valence-electron chi connectivity index (χ0n) is 9.80. The van der Waals surface area contributed by atoms with Gasteiger partial charge in [0.15, 0.2) is 0 Å². The van der Waals surface area contributed by atoms with Gasteiger partial charge in [-0.15, -0.1) is 0 Å². The maximum absolute atomic E-state index is 9.56. The Hall–Kier alpha value is -2.09. The van der Waals surface area contributed by atoms with Crippen molar-refractivity contribution in [2.45, 2.75) is 13.5 Å². The lowest BCUT2D eigenvalue weighted by Crippen LogP contribution is -1.86. The first kappa shape index (κ1) is 11.4. The van der Waals surface area contributed by atoms with Gasteiger partial charge in [-0.25, -0.2) is 0 Å². The number of hydrogen-bond donors (Lipinski definition) is 1. The average Bonchev–Trinajstić information content (AvgIpc) is 2.32. The summed E-state index contributed by atoms with van der Waals surface area (Å²) >= 11 is 0. The summed E-state index contributed by atoms with van der Waals surface area (Å²) in [5.41, 5.74) is 3.16. The molecule has 0 heterocycles. The van der Waals surface area contributed by atoms with Gasteiger partial charge in [0, 0.05) is 11.8 Å². The van der Waals surface area contributed by atoms with E-state index in [1.807, 2.05) is 18.2 Å². The topological polar surface area (TPSA) is 32.6 Å². The van der Waals surface area contributed by atoms with E-state index in [4.69, 9.17) is 0 Å². The molecule has 0 aromatic heterocycles.